The van der Waals surface area contributed by atoms with Gasteiger partial charge in [-0.25, -0.2) is 0 Å². The van der Waals surface area contributed by atoms with Crippen LogP contribution in [0.25, 0.3) is 0 Å². The molecule has 0 fully saturated rings. The van der Waals surface area contributed by atoms with E-state index in [2.05, 4.69) is 40.1 Å². The molecule has 1 aromatic heterocycles. The van der Waals surface area contributed by atoms with Crippen molar-refractivity contribution in [2.24, 2.45) is 5.92 Å². The molecule has 1 heterocycles. The van der Waals surface area contributed by atoms with Gasteiger partial charge in [0, 0.05) is 12.2 Å². The van der Waals surface area contributed by atoms with Crippen molar-refractivity contribution < 1.29 is 4.92 Å². The fraction of sp³-hybridized carbons (Fsp3) is 0.615. The van der Waals surface area contributed by atoms with Gasteiger partial charge in [-0.3, -0.25) is 15.1 Å². The van der Waals surface area contributed by atoms with Crippen LogP contribution in [0.15, 0.2) is 16.9 Å². The molecule has 0 aliphatic rings. The number of halogens is 1. The second-order valence-corrected chi connectivity index (χ2v) is 6.00. The lowest BCUT2D eigenvalue weighted by Gasteiger charge is -2.16. The number of nitro groups is 1. The second kappa shape index (κ2) is 7.43. The highest BCUT2D eigenvalue weighted by Crippen LogP contribution is 2.32. The molecule has 1 unspecified atom stereocenters. The van der Waals surface area contributed by atoms with Gasteiger partial charge in [0.25, 0.3) is 0 Å². The van der Waals surface area contributed by atoms with Crippen LogP contribution in [0.3, 0.4) is 0 Å². The second-order valence-electron chi connectivity index (χ2n) is 5.14. The van der Waals surface area contributed by atoms with Crippen molar-refractivity contribution in [2.45, 2.75) is 46.1 Å². The molecular weight excluding hydrogens is 310 g/mol. The monoisotopic (exact) mass is 329 g/mol. The predicted molar refractivity (Wildman–Crippen MR) is 80.4 cm³/mol. The van der Waals surface area contributed by atoms with Crippen LogP contribution in [-0.4, -0.2) is 15.9 Å². The Balaban J connectivity index is 2.68. The highest BCUT2D eigenvalue weighted by molar-refractivity contribution is 9.10. The van der Waals surface area contributed by atoms with Crippen LogP contribution < -0.4 is 5.32 Å². The Morgan fingerprint density at radius 1 is 1.37 bits per heavy atom. The summed E-state index contributed by atoms with van der Waals surface area (Å²) in [5, 5.41) is 14.2. The van der Waals surface area contributed by atoms with Crippen LogP contribution in [0.1, 0.15) is 40.0 Å². The van der Waals surface area contributed by atoms with Crippen molar-refractivity contribution in [3.63, 3.8) is 0 Å². The molecule has 1 atom stereocenters. The zero-order chi connectivity index (χ0) is 14.4. The van der Waals surface area contributed by atoms with Crippen molar-refractivity contribution in [2.75, 3.05) is 5.32 Å². The molecule has 0 amide bonds. The molecule has 0 bridgehead atoms. The Morgan fingerprint density at radius 2 is 2.05 bits per heavy atom. The van der Waals surface area contributed by atoms with Gasteiger partial charge in [-0.05, 0) is 35.2 Å². The van der Waals surface area contributed by atoms with Gasteiger partial charge in [0.15, 0.2) is 0 Å². The summed E-state index contributed by atoms with van der Waals surface area (Å²) in [6, 6.07) is 0.191. The van der Waals surface area contributed by atoms with Crippen LogP contribution >= 0.6 is 15.9 Å². The number of hydrogen-bond donors (Lipinski definition) is 1. The highest BCUT2D eigenvalue weighted by atomic mass is 79.9. The number of aromatic nitrogens is 1. The summed E-state index contributed by atoms with van der Waals surface area (Å²) in [5.41, 5.74) is 0.516. The third-order valence-corrected chi connectivity index (χ3v) is 3.49. The number of nitrogens with one attached hydrogen (secondary N) is 1. The number of rotatable bonds is 7. The fourth-order valence-electron chi connectivity index (χ4n) is 1.86. The molecule has 0 saturated heterocycles. The first-order valence-electron chi connectivity index (χ1n) is 6.46. The Kier molecular flexibility index (Phi) is 6.21. The number of nitrogens with zero attached hydrogens (tertiary/aromatic N) is 2. The zero-order valence-corrected chi connectivity index (χ0v) is 13.1. The molecule has 0 aromatic carbocycles. The topological polar surface area (TPSA) is 68.1 Å². The first-order chi connectivity index (χ1) is 8.91. The van der Waals surface area contributed by atoms with E-state index in [9.17, 15) is 10.1 Å². The van der Waals surface area contributed by atoms with Crippen LogP contribution in [-0.2, 0) is 0 Å². The quantitative estimate of drug-likeness (QED) is 0.595. The van der Waals surface area contributed by atoms with Gasteiger partial charge >= 0.3 is 5.69 Å². The zero-order valence-electron chi connectivity index (χ0n) is 11.5. The lowest BCUT2D eigenvalue weighted by atomic mass is 10.0. The lowest BCUT2D eigenvalue weighted by Crippen LogP contribution is -2.16. The predicted octanol–water partition coefficient (Wildman–Crippen LogP) is 4.38. The van der Waals surface area contributed by atoms with Gasteiger partial charge in [0.1, 0.15) is 11.9 Å². The Bertz CT molecular complexity index is 438. The fourth-order valence-corrected chi connectivity index (χ4v) is 2.29. The molecule has 5 nitrogen and oxygen atoms in total. The van der Waals surface area contributed by atoms with E-state index in [0.29, 0.717) is 16.1 Å². The average molecular weight is 330 g/mol. The Labute approximate surface area is 122 Å². The lowest BCUT2D eigenvalue weighted by molar-refractivity contribution is -0.384. The Morgan fingerprint density at radius 3 is 2.63 bits per heavy atom. The first-order valence-corrected chi connectivity index (χ1v) is 7.25. The van der Waals surface area contributed by atoms with E-state index in [1.807, 2.05) is 6.92 Å². The molecule has 1 aromatic rings. The van der Waals surface area contributed by atoms with Crippen molar-refractivity contribution in [3.8, 4) is 0 Å². The van der Waals surface area contributed by atoms with E-state index in [1.54, 1.807) is 6.20 Å². The molecule has 19 heavy (non-hydrogen) atoms. The van der Waals surface area contributed by atoms with Crippen molar-refractivity contribution in [3.05, 3.63) is 27.0 Å². The summed E-state index contributed by atoms with van der Waals surface area (Å²) < 4.78 is 0.623. The minimum atomic E-state index is -0.416. The van der Waals surface area contributed by atoms with Crippen LogP contribution in [0.5, 0.6) is 0 Å². The van der Waals surface area contributed by atoms with Gasteiger partial charge in [0.2, 0.25) is 0 Å². The van der Waals surface area contributed by atoms with E-state index < -0.39 is 4.92 Å². The molecule has 0 aliphatic carbocycles. The van der Waals surface area contributed by atoms with Crippen molar-refractivity contribution in [1.29, 1.82) is 0 Å². The maximum atomic E-state index is 11.0. The first kappa shape index (κ1) is 15.9. The van der Waals surface area contributed by atoms with E-state index in [4.69, 9.17) is 0 Å². The van der Waals surface area contributed by atoms with Crippen LogP contribution in [0.2, 0.25) is 0 Å². The van der Waals surface area contributed by atoms with E-state index in [-0.39, 0.29) is 11.7 Å². The third kappa shape index (κ3) is 5.14. The van der Waals surface area contributed by atoms with Gasteiger partial charge in [0.05, 0.1) is 9.40 Å². The molecule has 106 valence electrons. The summed E-state index contributed by atoms with van der Waals surface area (Å²) >= 11 is 3.31. The van der Waals surface area contributed by atoms with Crippen LogP contribution in [0.4, 0.5) is 11.4 Å². The summed E-state index contributed by atoms with van der Waals surface area (Å²) in [6.07, 6.45) is 6.11. The standard InChI is InChI=1S/C13H20BrN3O2/c1-9(2)5-4-6-10(3)16-13-11(14)7-15-8-12(13)17(18)19/h7-10H,4-6H2,1-3H3,(H,15,16). The van der Waals surface area contributed by atoms with Crippen molar-refractivity contribution >= 4 is 27.3 Å². The summed E-state index contributed by atoms with van der Waals surface area (Å²) in [4.78, 5) is 14.4. The molecule has 1 N–H and O–H groups in total. The SMILES string of the molecule is CC(C)CCCC(C)Nc1c(Br)cncc1[N+](=O)[O-]. The maximum Gasteiger partial charge on any atom is 0.311 e. The van der Waals surface area contributed by atoms with E-state index in [0.717, 1.165) is 12.8 Å². The van der Waals surface area contributed by atoms with E-state index >= 15 is 0 Å². The summed E-state index contributed by atoms with van der Waals surface area (Å²) in [7, 11) is 0. The highest BCUT2D eigenvalue weighted by Gasteiger charge is 2.18. The minimum Gasteiger partial charge on any atom is -0.376 e. The summed E-state index contributed by atoms with van der Waals surface area (Å²) in [5.74, 6) is 0.689. The molecule has 0 aliphatic heterocycles. The molecule has 6 heteroatoms. The number of hydrogen-bond acceptors (Lipinski definition) is 4. The molecule has 0 spiro atoms. The van der Waals surface area contributed by atoms with Gasteiger partial charge in [-0.15, -0.1) is 0 Å². The largest absolute Gasteiger partial charge is 0.376 e. The van der Waals surface area contributed by atoms with Gasteiger partial charge in [-0.1, -0.05) is 26.7 Å². The Hall–Kier alpha value is -1.17. The van der Waals surface area contributed by atoms with Crippen LogP contribution in [0, 0.1) is 16.0 Å². The third-order valence-electron chi connectivity index (χ3n) is 2.89. The molecular formula is C13H20BrN3O2. The smallest absolute Gasteiger partial charge is 0.311 e. The van der Waals surface area contributed by atoms with Gasteiger partial charge < -0.3 is 5.32 Å². The minimum absolute atomic E-state index is 0.00471. The van der Waals surface area contributed by atoms with Gasteiger partial charge in [-0.2, -0.15) is 0 Å². The van der Waals surface area contributed by atoms with E-state index in [1.165, 1.54) is 12.6 Å². The summed E-state index contributed by atoms with van der Waals surface area (Å²) in [6.45, 7) is 6.43. The number of pyridine rings is 1. The maximum absolute atomic E-state index is 11.0. The average Bonchev–Trinajstić information content (AvgIpc) is 2.30. The molecule has 0 saturated carbocycles. The normalized spacial score (nSPS) is 12.5. The molecule has 0 radical (unpaired) electrons. The van der Waals surface area contributed by atoms with Crippen molar-refractivity contribution in [1.82, 2.24) is 4.98 Å². The number of anilines is 1. The molecule has 1 rings (SSSR count).